The van der Waals surface area contributed by atoms with E-state index in [0.717, 1.165) is 6.42 Å². The molecule has 4 saturated carbocycles. The minimum atomic E-state index is -2.06. The van der Waals surface area contributed by atoms with Crippen molar-refractivity contribution in [3.8, 4) is 0 Å². The van der Waals surface area contributed by atoms with Gasteiger partial charge in [0.15, 0.2) is 6.10 Å². The van der Waals surface area contributed by atoms with Crippen LogP contribution in [-0.4, -0.2) is 107 Å². The molecule has 6 N–H and O–H groups in total. The van der Waals surface area contributed by atoms with E-state index in [1.165, 1.54) is 0 Å². The van der Waals surface area contributed by atoms with E-state index in [2.05, 4.69) is 11.8 Å². The number of allylic oxidation sites excluding steroid dienone is 1. The van der Waals surface area contributed by atoms with Crippen LogP contribution in [0.1, 0.15) is 86.0 Å². The van der Waals surface area contributed by atoms with Gasteiger partial charge in [0, 0.05) is 60.7 Å². The second-order valence-corrected chi connectivity index (χ2v) is 15.7. The van der Waals surface area contributed by atoms with Gasteiger partial charge in [0.1, 0.15) is 22.4 Å². The van der Waals surface area contributed by atoms with Crippen molar-refractivity contribution in [2.75, 3.05) is 13.1 Å². The number of aliphatic hydroxyl groups is 6. The third-order valence-corrected chi connectivity index (χ3v) is 14.1. The van der Waals surface area contributed by atoms with E-state index in [4.69, 9.17) is 9.47 Å². The first-order valence-corrected chi connectivity index (χ1v) is 16.0. The van der Waals surface area contributed by atoms with Gasteiger partial charge in [-0.25, -0.2) is 4.79 Å². The van der Waals surface area contributed by atoms with Gasteiger partial charge >= 0.3 is 5.97 Å². The van der Waals surface area contributed by atoms with E-state index in [1.807, 2.05) is 6.92 Å². The summed E-state index contributed by atoms with van der Waals surface area (Å²) in [4.78, 5) is 14.9. The standard InChI is InChI=1S/C32H49NO9.ClH/c1-6-18(3)25(35)41-24-11-12-26(4)19-8-9-20-28(37)13-23(34)31(39)21(29(28,38)16-30(20,26)42-32(19,24)40)15-33-14-17(2)7-10-22(33)27(31,5)36;/h6,17,19-24,34,36-40H,7-16H2,1-5H3;1H/t17-,19-,20-,21-,22-,23-,24-,26-,27+,28+,29+,30+,31-,32-;/m0./s1. The molecule has 14 atom stereocenters. The molecule has 4 aliphatic carbocycles. The normalized spacial score (nSPS) is 58.9. The summed E-state index contributed by atoms with van der Waals surface area (Å²) in [7, 11) is 0. The van der Waals surface area contributed by atoms with Crippen molar-refractivity contribution in [1.82, 2.24) is 4.90 Å². The first-order valence-electron chi connectivity index (χ1n) is 16.0. The van der Waals surface area contributed by atoms with Crippen LogP contribution in [0.2, 0.25) is 0 Å². The number of halogens is 1. The highest BCUT2D eigenvalue weighted by atomic mass is 35.5. The zero-order valence-electron chi connectivity index (χ0n) is 26.0. The highest BCUT2D eigenvalue weighted by Crippen LogP contribution is 2.78. The fourth-order valence-corrected chi connectivity index (χ4v) is 11.8. The molecule has 7 aliphatic rings. The fourth-order valence-electron chi connectivity index (χ4n) is 11.8. The number of carbonyl (C=O) groups is 1. The second-order valence-electron chi connectivity index (χ2n) is 15.7. The minimum Gasteiger partial charge on any atom is -0.453 e. The lowest BCUT2D eigenvalue weighted by molar-refractivity contribution is -0.354. The summed E-state index contributed by atoms with van der Waals surface area (Å²) in [5, 5.41) is 73.9. The van der Waals surface area contributed by atoms with Crippen LogP contribution < -0.4 is 0 Å². The van der Waals surface area contributed by atoms with Gasteiger partial charge in [-0.05, 0) is 65.2 Å². The topological polar surface area (TPSA) is 160 Å². The number of nitrogens with zero attached hydrogens (tertiary/aromatic N) is 1. The minimum absolute atomic E-state index is 0. The zero-order chi connectivity index (χ0) is 30.5. The van der Waals surface area contributed by atoms with Crippen molar-refractivity contribution in [1.29, 1.82) is 0 Å². The molecule has 0 radical (unpaired) electrons. The molecule has 0 amide bonds. The largest absolute Gasteiger partial charge is 0.453 e. The number of piperidine rings is 2. The molecule has 0 aromatic rings. The predicted molar refractivity (Wildman–Crippen MR) is 157 cm³/mol. The number of hydrogen-bond acceptors (Lipinski definition) is 10. The molecule has 10 nitrogen and oxygen atoms in total. The van der Waals surface area contributed by atoms with E-state index in [1.54, 1.807) is 26.8 Å². The smallest absolute Gasteiger partial charge is 0.333 e. The number of fused-ring (bicyclic) bond motifs is 5. The number of carbonyl (C=O) groups excluding carboxylic acids is 1. The summed E-state index contributed by atoms with van der Waals surface area (Å²) >= 11 is 0. The van der Waals surface area contributed by atoms with Gasteiger partial charge in [0.05, 0.1) is 11.7 Å². The van der Waals surface area contributed by atoms with Crippen LogP contribution in [0.3, 0.4) is 0 Å². The summed E-state index contributed by atoms with van der Waals surface area (Å²) in [6.45, 7) is 10.1. The van der Waals surface area contributed by atoms with Crippen LogP contribution in [0.5, 0.6) is 0 Å². The Morgan fingerprint density at radius 1 is 0.953 bits per heavy atom. The van der Waals surface area contributed by atoms with Gasteiger partial charge < -0.3 is 40.1 Å². The molecular formula is C32H50ClNO9. The molecule has 244 valence electrons. The van der Waals surface area contributed by atoms with Gasteiger partial charge in [-0.1, -0.05) is 19.9 Å². The Hall–Kier alpha value is -0.820. The van der Waals surface area contributed by atoms with Gasteiger partial charge in [0.25, 0.3) is 0 Å². The monoisotopic (exact) mass is 627 g/mol. The van der Waals surface area contributed by atoms with Gasteiger partial charge in [0.2, 0.25) is 5.79 Å². The number of rotatable bonds is 2. The zero-order valence-corrected chi connectivity index (χ0v) is 26.8. The third-order valence-electron chi connectivity index (χ3n) is 14.1. The van der Waals surface area contributed by atoms with Gasteiger partial charge in [-0.2, -0.15) is 0 Å². The van der Waals surface area contributed by atoms with Crippen LogP contribution in [0, 0.1) is 29.1 Å². The number of esters is 1. The molecule has 11 heteroatoms. The quantitative estimate of drug-likeness (QED) is 0.195. The Morgan fingerprint density at radius 3 is 2.30 bits per heavy atom. The maximum Gasteiger partial charge on any atom is 0.333 e. The Morgan fingerprint density at radius 2 is 1.63 bits per heavy atom. The number of hydrogen-bond donors (Lipinski definition) is 6. The van der Waals surface area contributed by atoms with Crippen molar-refractivity contribution in [3.63, 3.8) is 0 Å². The Balaban J connectivity index is 0.00000329. The van der Waals surface area contributed by atoms with Crippen LogP contribution in [-0.2, 0) is 14.3 Å². The lowest BCUT2D eigenvalue weighted by Gasteiger charge is -2.68. The predicted octanol–water partition coefficient (Wildman–Crippen LogP) is 1.41. The van der Waals surface area contributed by atoms with Crippen molar-refractivity contribution in [3.05, 3.63) is 11.6 Å². The van der Waals surface area contributed by atoms with Gasteiger partial charge in [-0.15, -0.1) is 12.4 Å². The first-order chi connectivity index (χ1) is 19.5. The molecule has 0 aromatic heterocycles. The van der Waals surface area contributed by atoms with Crippen molar-refractivity contribution >= 4 is 18.4 Å². The van der Waals surface area contributed by atoms with Crippen LogP contribution in [0.15, 0.2) is 11.6 Å². The molecule has 3 heterocycles. The molecule has 1 spiro atoms. The van der Waals surface area contributed by atoms with E-state index in [9.17, 15) is 35.4 Å². The lowest BCUT2D eigenvalue weighted by atomic mass is 9.49. The van der Waals surface area contributed by atoms with Crippen molar-refractivity contribution in [2.45, 2.75) is 138 Å². The SMILES string of the molecule is CC=C(C)C(=O)O[C@H]1CC[C@@]2(C)[C@@H]3CC[C@H]4[C@]5(O)C[C@H](O)[C@@]6(O)[C@@H](CN7C[C@@H](C)CC[C@H]7[C@@]6(C)O)[C@]5(O)C[C@@]42O[C@]13O.Cl. The Kier molecular flexibility index (Phi) is 7.01. The van der Waals surface area contributed by atoms with Crippen LogP contribution >= 0.6 is 12.4 Å². The molecule has 4 bridgehead atoms. The van der Waals surface area contributed by atoms with E-state index >= 15 is 0 Å². The summed E-state index contributed by atoms with van der Waals surface area (Å²) in [5.41, 5.74) is -8.96. The van der Waals surface area contributed by atoms with E-state index < -0.39 is 75.1 Å². The average Bonchev–Trinajstić information content (AvgIpc) is 3.09. The summed E-state index contributed by atoms with van der Waals surface area (Å²) < 4.78 is 12.6. The fraction of sp³-hybridized carbons (Fsp3) is 0.906. The van der Waals surface area contributed by atoms with Crippen molar-refractivity contribution in [2.24, 2.45) is 29.1 Å². The van der Waals surface area contributed by atoms with E-state index in [0.29, 0.717) is 50.1 Å². The molecule has 3 saturated heterocycles. The number of aliphatic hydroxyl groups excluding tert-OH is 1. The molecular weight excluding hydrogens is 578 g/mol. The maximum atomic E-state index is 12.9. The van der Waals surface area contributed by atoms with Gasteiger partial charge in [-0.3, -0.25) is 4.90 Å². The summed E-state index contributed by atoms with van der Waals surface area (Å²) in [5.74, 6) is -4.05. The second kappa shape index (κ2) is 9.38. The van der Waals surface area contributed by atoms with Crippen molar-refractivity contribution < 1.29 is 44.9 Å². The molecule has 0 aromatic carbocycles. The Bertz CT molecular complexity index is 1230. The molecule has 3 aliphatic heterocycles. The average molecular weight is 628 g/mol. The molecule has 7 rings (SSSR count). The molecule has 0 unspecified atom stereocenters. The van der Waals surface area contributed by atoms with Crippen LogP contribution in [0.4, 0.5) is 0 Å². The highest BCUT2D eigenvalue weighted by Gasteiger charge is 2.88. The third kappa shape index (κ3) is 3.46. The first kappa shape index (κ1) is 32.1. The highest BCUT2D eigenvalue weighted by molar-refractivity contribution is 5.87. The number of ether oxygens (including phenoxy) is 2. The van der Waals surface area contributed by atoms with Crippen LogP contribution in [0.25, 0.3) is 0 Å². The maximum absolute atomic E-state index is 12.9. The molecule has 7 fully saturated rings. The molecule has 43 heavy (non-hydrogen) atoms. The summed E-state index contributed by atoms with van der Waals surface area (Å²) in [6, 6.07) is -0.387. The summed E-state index contributed by atoms with van der Waals surface area (Å²) in [6.07, 6.45) is 2.30. The lowest BCUT2D eigenvalue weighted by Crippen LogP contribution is -2.85. The Labute approximate surface area is 259 Å². The van der Waals surface area contributed by atoms with E-state index in [-0.39, 0.29) is 37.8 Å².